The fourth-order valence-electron chi connectivity index (χ4n) is 9.39. The molecule has 0 aromatic rings. The molecule has 29 heavy (non-hydrogen) atoms. The lowest BCUT2D eigenvalue weighted by atomic mass is 9.44. The van der Waals surface area contributed by atoms with Crippen LogP contribution in [0.4, 0.5) is 0 Å². The molecule has 4 saturated carbocycles. The maximum atomic E-state index is 10.3. The van der Waals surface area contributed by atoms with Crippen LogP contribution in [-0.2, 0) is 0 Å². The quantitative estimate of drug-likeness (QED) is 0.661. The van der Waals surface area contributed by atoms with Crippen LogP contribution in [0.2, 0.25) is 0 Å². The molecule has 3 nitrogen and oxygen atoms in total. The zero-order valence-corrected chi connectivity index (χ0v) is 19.1. The molecule has 0 spiro atoms. The summed E-state index contributed by atoms with van der Waals surface area (Å²) in [7, 11) is 0. The highest BCUT2D eigenvalue weighted by Crippen LogP contribution is 2.68. The van der Waals surface area contributed by atoms with Gasteiger partial charge in [-0.15, -0.1) is 0 Å². The minimum Gasteiger partial charge on any atom is -0.393 e. The Morgan fingerprint density at radius 3 is 2.62 bits per heavy atom. The number of nitrogens with zero attached hydrogens (tertiary/aromatic N) is 1. The van der Waals surface area contributed by atoms with Gasteiger partial charge in [0.1, 0.15) is 0 Å². The standard InChI is InChI=1S/C26H44N2O/c1-17(4-9-24-27-14-15-28-24)21-7-8-22-20-6-5-18-16-19(29)10-12-25(18,2)23(20)11-13-26(21,22)3/h17-23,29H,4-16H2,1-3H3,(H,27,28)/t17-,18-,19-,20+,21-,22+,23+,25+,26-/m1/s1. The van der Waals surface area contributed by atoms with Crippen LogP contribution in [0.3, 0.4) is 0 Å². The van der Waals surface area contributed by atoms with Crippen molar-refractivity contribution in [2.75, 3.05) is 13.1 Å². The van der Waals surface area contributed by atoms with Gasteiger partial charge in [-0.25, -0.2) is 0 Å². The predicted octanol–water partition coefficient (Wildman–Crippen LogP) is 5.42. The SMILES string of the molecule is C[C@H](CCC1=NCCN1)[C@H]1CC[C@H]2[C@@H]3CC[C@@H]4C[C@H](O)CC[C@]4(C)[C@H]3CC[C@]12C. The van der Waals surface area contributed by atoms with Gasteiger partial charge in [-0.05, 0) is 111 Å². The van der Waals surface area contributed by atoms with Crippen LogP contribution < -0.4 is 5.32 Å². The second-order valence-electron chi connectivity index (χ2n) is 12.1. The van der Waals surface area contributed by atoms with Crippen molar-refractivity contribution < 1.29 is 5.11 Å². The van der Waals surface area contributed by atoms with Crippen molar-refractivity contribution in [3.8, 4) is 0 Å². The van der Waals surface area contributed by atoms with Gasteiger partial charge in [0.2, 0.25) is 0 Å². The average Bonchev–Trinajstić information content (AvgIpc) is 3.34. The first kappa shape index (κ1) is 20.3. The maximum Gasteiger partial charge on any atom is 0.0964 e. The Balaban J connectivity index is 1.29. The Labute approximate surface area is 178 Å². The largest absolute Gasteiger partial charge is 0.393 e. The molecule has 0 aromatic heterocycles. The molecule has 4 aliphatic carbocycles. The Morgan fingerprint density at radius 1 is 1.03 bits per heavy atom. The van der Waals surface area contributed by atoms with E-state index in [0.717, 1.165) is 67.9 Å². The Kier molecular flexibility index (Phi) is 5.28. The first-order valence-corrected chi connectivity index (χ1v) is 12.9. The van der Waals surface area contributed by atoms with Gasteiger partial charge in [0, 0.05) is 13.0 Å². The molecule has 1 heterocycles. The monoisotopic (exact) mass is 400 g/mol. The van der Waals surface area contributed by atoms with E-state index < -0.39 is 0 Å². The van der Waals surface area contributed by atoms with Crippen LogP contribution in [-0.4, -0.2) is 30.1 Å². The van der Waals surface area contributed by atoms with Crippen molar-refractivity contribution in [2.45, 2.75) is 97.5 Å². The molecule has 0 aromatic carbocycles. The van der Waals surface area contributed by atoms with Crippen molar-refractivity contribution in [3.05, 3.63) is 0 Å². The van der Waals surface area contributed by atoms with Crippen molar-refractivity contribution in [1.82, 2.24) is 5.32 Å². The number of nitrogens with one attached hydrogen (secondary N) is 1. The van der Waals surface area contributed by atoms with E-state index in [1.54, 1.807) is 0 Å². The van der Waals surface area contributed by atoms with E-state index in [-0.39, 0.29) is 6.10 Å². The molecular formula is C26H44N2O. The first-order valence-electron chi connectivity index (χ1n) is 12.9. The van der Waals surface area contributed by atoms with Gasteiger partial charge in [0.15, 0.2) is 0 Å². The molecule has 0 saturated heterocycles. The predicted molar refractivity (Wildman–Crippen MR) is 120 cm³/mol. The second-order valence-corrected chi connectivity index (χ2v) is 12.1. The third-order valence-electron chi connectivity index (χ3n) is 11.0. The summed E-state index contributed by atoms with van der Waals surface area (Å²) in [5.74, 6) is 6.64. The number of rotatable bonds is 4. The molecule has 1 aliphatic heterocycles. The van der Waals surface area contributed by atoms with Crippen LogP contribution in [0, 0.1) is 46.3 Å². The second kappa shape index (κ2) is 7.53. The third-order valence-corrected chi connectivity index (χ3v) is 11.0. The van der Waals surface area contributed by atoms with Gasteiger partial charge in [-0.2, -0.15) is 0 Å². The van der Waals surface area contributed by atoms with Gasteiger partial charge in [0.05, 0.1) is 18.5 Å². The van der Waals surface area contributed by atoms with Crippen molar-refractivity contribution in [2.24, 2.45) is 51.3 Å². The number of aliphatic hydroxyl groups excluding tert-OH is 1. The normalized spacial score (nSPS) is 50.1. The summed E-state index contributed by atoms with van der Waals surface area (Å²) in [5.41, 5.74) is 1.09. The molecule has 0 bridgehead atoms. The van der Waals surface area contributed by atoms with E-state index in [2.05, 4.69) is 31.1 Å². The third kappa shape index (κ3) is 3.29. The molecule has 2 N–H and O–H groups in total. The topological polar surface area (TPSA) is 44.6 Å². The summed E-state index contributed by atoms with van der Waals surface area (Å²) in [5, 5.41) is 13.7. The molecular weight excluding hydrogens is 356 g/mol. The van der Waals surface area contributed by atoms with E-state index >= 15 is 0 Å². The zero-order valence-electron chi connectivity index (χ0n) is 19.1. The minimum atomic E-state index is -0.0193. The fourth-order valence-corrected chi connectivity index (χ4v) is 9.39. The van der Waals surface area contributed by atoms with Crippen LogP contribution in [0.15, 0.2) is 4.99 Å². The molecule has 4 fully saturated rings. The van der Waals surface area contributed by atoms with Gasteiger partial charge in [-0.1, -0.05) is 20.8 Å². The number of hydrogen-bond donors (Lipinski definition) is 2. The number of aliphatic hydroxyl groups is 1. The highest BCUT2D eigenvalue weighted by Gasteiger charge is 2.60. The van der Waals surface area contributed by atoms with Crippen molar-refractivity contribution in [1.29, 1.82) is 0 Å². The zero-order chi connectivity index (χ0) is 20.2. The summed E-state index contributed by atoms with van der Waals surface area (Å²) < 4.78 is 0. The van der Waals surface area contributed by atoms with Gasteiger partial charge in [-0.3, -0.25) is 4.99 Å². The van der Waals surface area contributed by atoms with Crippen LogP contribution in [0.1, 0.15) is 91.4 Å². The Bertz CT molecular complexity index is 647. The average molecular weight is 401 g/mol. The minimum absolute atomic E-state index is 0.0193. The van der Waals surface area contributed by atoms with Crippen LogP contribution in [0.5, 0.6) is 0 Å². The smallest absolute Gasteiger partial charge is 0.0964 e. The van der Waals surface area contributed by atoms with E-state index in [1.807, 2.05) is 0 Å². The highest BCUT2D eigenvalue weighted by atomic mass is 16.3. The summed E-state index contributed by atoms with van der Waals surface area (Å²) >= 11 is 0. The Hall–Kier alpha value is -0.570. The van der Waals surface area contributed by atoms with Crippen LogP contribution in [0.25, 0.3) is 0 Å². The van der Waals surface area contributed by atoms with Gasteiger partial charge >= 0.3 is 0 Å². The van der Waals surface area contributed by atoms with E-state index in [4.69, 9.17) is 0 Å². The molecule has 3 heteroatoms. The maximum absolute atomic E-state index is 10.3. The fraction of sp³-hybridized carbons (Fsp3) is 0.962. The van der Waals surface area contributed by atoms with Crippen LogP contribution >= 0.6 is 0 Å². The number of amidine groups is 1. The summed E-state index contributed by atoms with van der Waals surface area (Å²) in [6.07, 6.45) is 14.5. The summed E-state index contributed by atoms with van der Waals surface area (Å²) in [4.78, 5) is 4.63. The van der Waals surface area contributed by atoms with Gasteiger partial charge < -0.3 is 10.4 Å². The number of fused-ring (bicyclic) bond motifs is 5. The van der Waals surface area contributed by atoms with E-state index in [0.29, 0.717) is 10.8 Å². The van der Waals surface area contributed by atoms with Crippen molar-refractivity contribution in [3.63, 3.8) is 0 Å². The van der Waals surface area contributed by atoms with E-state index in [1.165, 1.54) is 57.2 Å². The lowest BCUT2D eigenvalue weighted by Gasteiger charge is -2.61. The molecule has 5 aliphatic rings. The van der Waals surface area contributed by atoms with E-state index in [9.17, 15) is 5.11 Å². The molecule has 164 valence electrons. The molecule has 0 amide bonds. The lowest BCUT2D eigenvalue weighted by Crippen LogP contribution is -2.54. The molecule has 5 rings (SSSR count). The molecule has 0 radical (unpaired) electrons. The number of aliphatic imine (C=N–C) groups is 1. The lowest BCUT2D eigenvalue weighted by molar-refractivity contribution is -0.129. The summed E-state index contributed by atoms with van der Waals surface area (Å²) in [6.45, 7) is 9.88. The highest BCUT2D eigenvalue weighted by molar-refractivity contribution is 5.83. The summed E-state index contributed by atoms with van der Waals surface area (Å²) in [6, 6.07) is 0. The number of hydrogen-bond acceptors (Lipinski definition) is 3. The molecule has 9 atom stereocenters. The molecule has 0 unspecified atom stereocenters. The first-order chi connectivity index (χ1) is 13.9. The van der Waals surface area contributed by atoms with Gasteiger partial charge in [0.25, 0.3) is 0 Å². The van der Waals surface area contributed by atoms with Crippen molar-refractivity contribution >= 4 is 5.84 Å². The Morgan fingerprint density at radius 2 is 1.83 bits per heavy atom.